The minimum absolute atomic E-state index is 0.166. The van der Waals surface area contributed by atoms with Crippen molar-refractivity contribution in [3.05, 3.63) is 101 Å². The third kappa shape index (κ3) is 5.64. The van der Waals surface area contributed by atoms with Gasteiger partial charge in [-0.1, -0.05) is 89.2 Å². The molecule has 0 aliphatic carbocycles. The highest BCUT2D eigenvalue weighted by molar-refractivity contribution is 6.03. The van der Waals surface area contributed by atoms with E-state index in [2.05, 4.69) is 26.0 Å². The zero-order valence-corrected chi connectivity index (χ0v) is 19.3. The molecule has 0 fully saturated rings. The first kappa shape index (κ1) is 23.3. The molecule has 32 heavy (non-hydrogen) atoms. The summed E-state index contributed by atoms with van der Waals surface area (Å²) in [5.41, 5.74) is 2.33. The first-order chi connectivity index (χ1) is 15.1. The number of benzene rings is 3. The van der Waals surface area contributed by atoms with Crippen molar-refractivity contribution in [2.45, 2.75) is 40.0 Å². The van der Waals surface area contributed by atoms with Crippen molar-refractivity contribution < 1.29 is 19.1 Å². The normalized spacial score (nSPS) is 11.7. The number of carbonyl (C=O) groups is 2. The molecular weight excluding hydrogens is 400 g/mol. The molecule has 4 heteroatoms. The van der Waals surface area contributed by atoms with E-state index in [-0.39, 0.29) is 28.6 Å². The fourth-order valence-corrected chi connectivity index (χ4v) is 3.32. The number of esters is 2. The molecule has 0 spiro atoms. The maximum Gasteiger partial charge on any atom is 0.344 e. The molecule has 0 atom stereocenters. The summed E-state index contributed by atoms with van der Waals surface area (Å²) in [7, 11) is 0. The van der Waals surface area contributed by atoms with Gasteiger partial charge in [-0.05, 0) is 40.8 Å². The molecule has 0 aliphatic rings. The van der Waals surface area contributed by atoms with Gasteiger partial charge in [0, 0.05) is 5.41 Å². The molecule has 3 aromatic rings. The molecule has 0 bridgehead atoms. The van der Waals surface area contributed by atoms with Gasteiger partial charge in [-0.25, -0.2) is 9.59 Å². The van der Waals surface area contributed by atoms with E-state index in [0.29, 0.717) is 5.75 Å². The first-order valence-electron chi connectivity index (χ1n) is 10.7. The van der Waals surface area contributed by atoms with Crippen LogP contribution < -0.4 is 4.74 Å². The van der Waals surface area contributed by atoms with E-state index in [0.717, 1.165) is 5.56 Å². The van der Waals surface area contributed by atoms with Crippen LogP contribution in [0.3, 0.4) is 0 Å². The summed E-state index contributed by atoms with van der Waals surface area (Å²) in [4.78, 5) is 25.3. The SMILES string of the molecule is CC(C)(C)COC(=O)c1ccccc1C(=O)Oc1ccc(C(C)(C)c2ccccc2)cc1. The average Bonchev–Trinajstić information content (AvgIpc) is 2.78. The molecule has 0 aromatic heterocycles. The third-order valence-electron chi connectivity index (χ3n) is 5.29. The summed E-state index contributed by atoms with van der Waals surface area (Å²) in [6.07, 6.45) is 0. The summed E-state index contributed by atoms with van der Waals surface area (Å²) in [6, 6.07) is 24.3. The fourth-order valence-electron chi connectivity index (χ4n) is 3.32. The van der Waals surface area contributed by atoms with Gasteiger partial charge in [-0.3, -0.25) is 0 Å². The topological polar surface area (TPSA) is 52.6 Å². The van der Waals surface area contributed by atoms with Gasteiger partial charge in [0.25, 0.3) is 0 Å². The van der Waals surface area contributed by atoms with Crippen molar-refractivity contribution in [3.8, 4) is 5.75 Å². The summed E-state index contributed by atoms with van der Waals surface area (Å²) in [5, 5.41) is 0. The van der Waals surface area contributed by atoms with E-state index in [1.807, 2.05) is 51.1 Å². The smallest absolute Gasteiger partial charge is 0.344 e. The Bertz CT molecular complexity index is 1070. The van der Waals surface area contributed by atoms with Gasteiger partial charge in [0.15, 0.2) is 0 Å². The van der Waals surface area contributed by atoms with Crippen molar-refractivity contribution in [3.63, 3.8) is 0 Å². The predicted molar refractivity (Wildman–Crippen MR) is 126 cm³/mol. The van der Waals surface area contributed by atoms with Crippen molar-refractivity contribution in [2.24, 2.45) is 5.41 Å². The second-order valence-corrected chi connectivity index (χ2v) is 9.59. The molecule has 3 rings (SSSR count). The number of hydrogen-bond acceptors (Lipinski definition) is 4. The van der Waals surface area contributed by atoms with Gasteiger partial charge >= 0.3 is 11.9 Å². The first-order valence-corrected chi connectivity index (χ1v) is 10.7. The Kier molecular flexibility index (Phi) is 6.83. The lowest BCUT2D eigenvalue weighted by Gasteiger charge is -2.26. The highest BCUT2D eigenvalue weighted by atomic mass is 16.5. The Labute approximate surface area is 190 Å². The molecule has 166 valence electrons. The van der Waals surface area contributed by atoms with Gasteiger partial charge in [0.2, 0.25) is 0 Å². The van der Waals surface area contributed by atoms with Crippen molar-refractivity contribution in [1.82, 2.24) is 0 Å². The van der Waals surface area contributed by atoms with Gasteiger partial charge in [0.05, 0.1) is 17.7 Å². The second kappa shape index (κ2) is 9.39. The van der Waals surface area contributed by atoms with E-state index in [1.165, 1.54) is 5.56 Å². The average molecular weight is 431 g/mol. The van der Waals surface area contributed by atoms with E-state index in [4.69, 9.17) is 9.47 Å². The van der Waals surface area contributed by atoms with Crippen LogP contribution in [0.25, 0.3) is 0 Å². The molecule has 0 saturated carbocycles. The monoisotopic (exact) mass is 430 g/mol. The molecular formula is C28H30O4. The van der Waals surface area contributed by atoms with Crippen LogP contribution in [0.15, 0.2) is 78.9 Å². The van der Waals surface area contributed by atoms with E-state index < -0.39 is 11.9 Å². The molecule has 0 saturated heterocycles. The quantitative estimate of drug-likeness (QED) is 0.334. The van der Waals surface area contributed by atoms with Crippen LogP contribution in [0.2, 0.25) is 0 Å². The highest BCUT2D eigenvalue weighted by Crippen LogP contribution is 2.32. The summed E-state index contributed by atoms with van der Waals surface area (Å²) in [6.45, 7) is 10.5. The van der Waals surface area contributed by atoms with E-state index in [9.17, 15) is 9.59 Å². The Hall–Kier alpha value is -3.40. The largest absolute Gasteiger partial charge is 0.462 e. The van der Waals surface area contributed by atoms with Gasteiger partial charge in [0.1, 0.15) is 5.75 Å². The molecule has 0 N–H and O–H groups in total. The Morgan fingerprint density at radius 3 is 1.72 bits per heavy atom. The maximum atomic E-state index is 12.8. The third-order valence-corrected chi connectivity index (χ3v) is 5.29. The van der Waals surface area contributed by atoms with Crippen LogP contribution in [0.5, 0.6) is 5.75 Å². The van der Waals surface area contributed by atoms with Crippen LogP contribution >= 0.6 is 0 Å². The lowest BCUT2D eigenvalue weighted by Crippen LogP contribution is -2.21. The molecule has 0 amide bonds. The van der Waals surface area contributed by atoms with Crippen LogP contribution in [-0.2, 0) is 10.2 Å². The lowest BCUT2D eigenvalue weighted by atomic mass is 9.78. The maximum absolute atomic E-state index is 12.8. The Morgan fingerprint density at radius 2 is 1.16 bits per heavy atom. The number of carbonyl (C=O) groups excluding carboxylic acids is 2. The van der Waals surface area contributed by atoms with Crippen molar-refractivity contribution in [1.29, 1.82) is 0 Å². The molecule has 0 unspecified atom stereocenters. The molecule has 4 nitrogen and oxygen atoms in total. The van der Waals surface area contributed by atoms with Gasteiger partial charge in [-0.2, -0.15) is 0 Å². The van der Waals surface area contributed by atoms with Crippen LogP contribution in [0.1, 0.15) is 66.5 Å². The standard InChI is InChI=1S/C28H30O4/c1-27(2,3)19-31-25(29)23-13-9-10-14-24(23)26(30)32-22-17-15-21(16-18-22)28(4,5)20-11-7-6-8-12-20/h6-18H,19H2,1-5H3. The van der Waals surface area contributed by atoms with Crippen LogP contribution in [0.4, 0.5) is 0 Å². The van der Waals surface area contributed by atoms with Crippen LogP contribution in [-0.4, -0.2) is 18.5 Å². The lowest BCUT2D eigenvalue weighted by molar-refractivity contribution is 0.0362. The van der Waals surface area contributed by atoms with Crippen LogP contribution in [0, 0.1) is 5.41 Å². The highest BCUT2D eigenvalue weighted by Gasteiger charge is 2.24. The number of ether oxygens (including phenoxy) is 2. The summed E-state index contributed by atoms with van der Waals surface area (Å²) in [5.74, 6) is -0.712. The van der Waals surface area contributed by atoms with Gasteiger partial charge < -0.3 is 9.47 Å². The fraction of sp³-hybridized carbons (Fsp3) is 0.286. The summed E-state index contributed by atoms with van der Waals surface area (Å²) >= 11 is 0. The molecule has 0 aliphatic heterocycles. The molecule has 3 aromatic carbocycles. The molecule has 0 radical (unpaired) electrons. The zero-order chi connectivity index (χ0) is 23.4. The predicted octanol–water partition coefficient (Wildman–Crippen LogP) is 6.43. The number of hydrogen-bond donors (Lipinski definition) is 0. The molecule has 0 heterocycles. The Morgan fingerprint density at radius 1 is 0.656 bits per heavy atom. The summed E-state index contributed by atoms with van der Waals surface area (Å²) < 4.78 is 10.9. The van der Waals surface area contributed by atoms with Gasteiger partial charge in [-0.15, -0.1) is 0 Å². The minimum atomic E-state index is -0.594. The van der Waals surface area contributed by atoms with E-state index >= 15 is 0 Å². The Balaban J connectivity index is 1.75. The van der Waals surface area contributed by atoms with Crippen molar-refractivity contribution in [2.75, 3.05) is 6.61 Å². The number of rotatable bonds is 6. The minimum Gasteiger partial charge on any atom is -0.462 e. The van der Waals surface area contributed by atoms with Crippen molar-refractivity contribution >= 4 is 11.9 Å². The van der Waals surface area contributed by atoms with E-state index in [1.54, 1.807) is 36.4 Å². The second-order valence-electron chi connectivity index (χ2n) is 9.59. The zero-order valence-electron chi connectivity index (χ0n) is 19.3.